The highest BCUT2D eigenvalue weighted by Crippen LogP contribution is 2.33. The largest absolute Gasteiger partial charge is 0.392 e. The van der Waals surface area contributed by atoms with Crippen LogP contribution in [0.3, 0.4) is 0 Å². The summed E-state index contributed by atoms with van der Waals surface area (Å²) >= 11 is 0. The van der Waals surface area contributed by atoms with E-state index in [0.717, 1.165) is 11.4 Å². The number of aliphatic hydroxyl groups is 1. The lowest BCUT2D eigenvalue weighted by Crippen LogP contribution is -2.13. The maximum Gasteiger partial charge on any atom is 0.115 e. The number of aliphatic hydroxyl groups excluding tert-OH is 1. The Hall–Kier alpha value is -0.960. The van der Waals surface area contributed by atoms with Crippen LogP contribution in [0.4, 0.5) is 0 Å². The molecular formula is C10H14N2O. The van der Waals surface area contributed by atoms with Crippen LogP contribution < -0.4 is 0 Å². The van der Waals surface area contributed by atoms with Gasteiger partial charge in [-0.3, -0.25) is 0 Å². The second-order valence-corrected chi connectivity index (χ2v) is 3.76. The third-order valence-corrected chi connectivity index (χ3v) is 2.44. The lowest BCUT2D eigenvalue weighted by atomic mass is 10.1. The summed E-state index contributed by atoms with van der Waals surface area (Å²) in [5.74, 6) is 0.523. The summed E-state index contributed by atoms with van der Waals surface area (Å²) in [6.07, 6.45) is 4.38. The molecule has 1 N–H and O–H groups in total. The van der Waals surface area contributed by atoms with Crippen molar-refractivity contribution >= 4 is 0 Å². The Balaban J connectivity index is 2.00. The molecule has 1 aliphatic carbocycles. The minimum absolute atomic E-state index is 0.200. The van der Waals surface area contributed by atoms with E-state index in [-0.39, 0.29) is 6.10 Å². The number of rotatable bonds is 3. The molecule has 3 heteroatoms. The molecule has 70 valence electrons. The van der Waals surface area contributed by atoms with Crippen molar-refractivity contribution in [3.05, 3.63) is 23.8 Å². The second kappa shape index (κ2) is 3.42. The lowest BCUT2D eigenvalue weighted by molar-refractivity contribution is 0.150. The minimum atomic E-state index is -0.200. The zero-order chi connectivity index (χ0) is 9.26. The molecule has 0 saturated heterocycles. The summed E-state index contributed by atoms with van der Waals surface area (Å²) in [6, 6.07) is 1.94. The Morgan fingerprint density at radius 1 is 1.54 bits per heavy atom. The molecule has 1 aromatic rings. The van der Waals surface area contributed by atoms with E-state index in [2.05, 4.69) is 9.97 Å². The van der Waals surface area contributed by atoms with Gasteiger partial charge in [0.25, 0.3) is 0 Å². The summed E-state index contributed by atoms with van der Waals surface area (Å²) in [5, 5.41) is 9.67. The Morgan fingerprint density at radius 3 is 2.92 bits per heavy atom. The second-order valence-electron chi connectivity index (χ2n) is 3.76. The van der Waals surface area contributed by atoms with E-state index in [1.54, 1.807) is 6.33 Å². The fourth-order valence-electron chi connectivity index (χ4n) is 1.48. The molecule has 1 aliphatic rings. The molecule has 0 spiro atoms. The fraction of sp³-hybridized carbons (Fsp3) is 0.600. The van der Waals surface area contributed by atoms with Crippen molar-refractivity contribution in [1.29, 1.82) is 0 Å². The average molecular weight is 178 g/mol. The molecule has 1 unspecified atom stereocenters. The summed E-state index contributed by atoms with van der Waals surface area (Å²) in [6.45, 7) is 1.94. The Kier molecular flexibility index (Phi) is 2.27. The first kappa shape index (κ1) is 8.63. The zero-order valence-electron chi connectivity index (χ0n) is 7.77. The van der Waals surface area contributed by atoms with E-state index in [0.29, 0.717) is 12.3 Å². The molecule has 13 heavy (non-hydrogen) atoms. The van der Waals surface area contributed by atoms with Crippen LogP contribution in [-0.4, -0.2) is 21.2 Å². The van der Waals surface area contributed by atoms with Gasteiger partial charge in [-0.15, -0.1) is 0 Å². The maximum atomic E-state index is 9.67. The van der Waals surface area contributed by atoms with Crippen LogP contribution in [0, 0.1) is 12.8 Å². The van der Waals surface area contributed by atoms with E-state index in [4.69, 9.17) is 0 Å². The quantitative estimate of drug-likeness (QED) is 0.753. The van der Waals surface area contributed by atoms with Gasteiger partial charge in [0.05, 0.1) is 6.10 Å². The van der Waals surface area contributed by atoms with Gasteiger partial charge < -0.3 is 5.11 Å². The van der Waals surface area contributed by atoms with Gasteiger partial charge >= 0.3 is 0 Å². The van der Waals surface area contributed by atoms with Gasteiger partial charge in [-0.05, 0) is 31.7 Å². The van der Waals surface area contributed by atoms with Gasteiger partial charge in [0.1, 0.15) is 6.33 Å². The molecule has 0 aliphatic heterocycles. The van der Waals surface area contributed by atoms with Crippen molar-refractivity contribution in [2.75, 3.05) is 0 Å². The van der Waals surface area contributed by atoms with Crippen LogP contribution in [0.1, 0.15) is 24.2 Å². The zero-order valence-corrected chi connectivity index (χ0v) is 7.77. The van der Waals surface area contributed by atoms with E-state index in [1.807, 2.05) is 13.0 Å². The first-order chi connectivity index (χ1) is 6.25. The monoisotopic (exact) mass is 178 g/mol. The lowest BCUT2D eigenvalue weighted by Gasteiger charge is -2.07. The number of hydrogen-bond acceptors (Lipinski definition) is 3. The van der Waals surface area contributed by atoms with Gasteiger partial charge in [0, 0.05) is 17.8 Å². The third kappa shape index (κ3) is 2.25. The van der Waals surface area contributed by atoms with Crippen molar-refractivity contribution < 1.29 is 5.11 Å². The van der Waals surface area contributed by atoms with Crippen molar-refractivity contribution in [3.63, 3.8) is 0 Å². The Bertz CT molecular complexity index is 297. The van der Waals surface area contributed by atoms with Crippen LogP contribution in [0.5, 0.6) is 0 Å². The van der Waals surface area contributed by atoms with Crippen molar-refractivity contribution in [2.24, 2.45) is 5.92 Å². The molecule has 1 fully saturated rings. The van der Waals surface area contributed by atoms with Crippen LogP contribution in [0.15, 0.2) is 12.4 Å². The van der Waals surface area contributed by atoms with Crippen LogP contribution >= 0.6 is 0 Å². The first-order valence-corrected chi connectivity index (χ1v) is 4.71. The number of hydrogen-bond donors (Lipinski definition) is 1. The SMILES string of the molecule is Cc1cc(CC(O)C2CC2)ncn1. The smallest absolute Gasteiger partial charge is 0.115 e. The van der Waals surface area contributed by atoms with Crippen molar-refractivity contribution in [1.82, 2.24) is 9.97 Å². The summed E-state index contributed by atoms with van der Waals surface area (Å²) in [5.41, 5.74) is 1.92. The van der Waals surface area contributed by atoms with E-state index < -0.39 is 0 Å². The summed E-state index contributed by atoms with van der Waals surface area (Å²) in [4.78, 5) is 8.13. The van der Waals surface area contributed by atoms with Gasteiger partial charge in [-0.25, -0.2) is 9.97 Å². The van der Waals surface area contributed by atoms with Gasteiger partial charge in [-0.1, -0.05) is 0 Å². The molecule has 1 saturated carbocycles. The average Bonchev–Trinajstić information content (AvgIpc) is 2.85. The molecule has 1 aromatic heterocycles. The normalized spacial score (nSPS) is 18.6. The molecule has 3 nitrogen and oxygen atoms in total. The third-order valence-electron chi connectivity index (χ3n) is 2.44. The van der Waals surface area contributed by atoms with Crippen molar-refractivity contribution in [2.45, 2.75) is 32.3 Å². The summed E-state index contributed by atoms with van der Waals surface area (Å²) in [7, 11) is 0. The maximum absolute atomic E-state index is 9.67. The van der Waals surface area contributed by atoms with Gasteiger partial charge in [0.15, 0.2) is 0 Å². The Labute approximate surface area is 77.8 Å². The molecule has 0 amide bonds. The molecular weight excluding hydrogens is 164 g/mol. The minimum Gasteiger partial charge on any atom is -0.392 e. The number of aromatic nitrogens is 2. The van der Waals surface area contributed by atoms with Crippen LogP contribution in [0.2, 0.25) is 0 Å². The topological polar surface area (TPSA) is 46.0 Å². The number of nitrogens with zero attached hydrogens (tertiary/aromatic N) is 2. The highest BCUT2D eigenvalue weighted by Gasteiger charge is 2.29. The van der Waals surface area contributed by atoms with Crippen LogP contribution in [-0.2, 0) is 6.42 Å². The first-order valence-electron chi connectivity index (χ1n) is 4.71. The summed E-state index contributed by atoms with van der Waals surface area (Å²) < 4.78 is 0. The Morgan fingerprint density at radius 2 is 2.31 bits per heavy atom. The molecule has 0 aromatic carbocycles. The molecule has 0 bridgehead atoms. The van der Waals surface area contributed by atoms with E-state index in [9.17, 15) is 5.11 Å². The van der Waals surface area contributed by atoms with Gasteiger partial charge in [-0.2, -0.15) is 0 Å². The number of aryl methyl sites for hydroxylation is 1. The highest BCUT2D eigenvalue weighted by atomic mass is 16.3. The standard InChI is InChI=1S/C10H14N2O/c1-7-4-9(12-6-11-7)5-10(13)8-2-3-8/h4,6,8,10,13H,2-3,5H2,1H3. The van der Waals surface area contributed by atoms with Crippen LogP contribution in [0.25, 0.3) is 0 Å². The van der Waals surface area contributed by atoms with Gasteiger partial charge in [0.2, 0.25) is 0 Å². The molecule has 1 heterocycles. The predicted octanol–water partition coefficient (Wildman–Crippen LogP) is 1.10. The van der Waals surface area contributed by atoms with Crippen molar-refractivity contribution in [3.8, 4) is 0 Å². The highest BCUT2D eigenvalue weighted by molar-refractivity contribution is 5.08. The van der Waals surface area contributed by atoms with E-state index in [1.165, 1.54) is 12.8 Å². The predicted molar refractivity (Wildman–Crippen MR) is 49.2 cm³/mol. The molecule has 2 rings (SSSR count). The fourth-order valence-corrected chi connectivity index (χ4v) is 1.48. The molecule has 0 radical (unpaired) electrons. The van der Waals surface area contributed by atoms with E-state index >= 15 is 0 Å². The molecule has 1 atom stereocenters.